The smallest absolute Gasteiger partial charge is 0.258 e. The molecule has 6 heteroatoms. The van der Waals surface area contributed by atoms with Crippen LogP contribution < -0.4 is 0 Å². The van der Waals surface area contributed by atoms with Gasteiger partial charge in [-0.1, -0.05) is 11.6 Å². The lowest BCUT2D eigenvalue weighted by molar-refractivity contribution is -0.385. The highest BCUT2D eigenvalue weighted by molar-refractivity contribution is 6.32. The number of nitro groups is 1. The number of nitriles is 1. The summed E-state index contributed by atoms with van der Waals surface area (Å²) in [5, 5.41) is 18.5. The molecule has 12 heavy (non-hydrogen) atoms. The first-order valence-corrected chi connectivity index (χ1v) is 3.23. The van der Waals surface area contributed by atoms with Crippen LogP contribution in [0.1, 0.15) is 5.69 Å². The zero-order valence-corrected chi connectivity index (χ0v) is 6.45. The Labute approximate surface area is 72.4 Å². The molecule has 1 rings (SSSR count). The lowest BCUT2D eigenvalue weighted by Gasteiger charge is -1.92. The molecule has 0 aromatic carbocycles. The molecule has 1 aromatic rings. The van der Waals surface area contributed by atoms with Crippen molar-refractivity contribution in [2.75, 3.05) is 0 Å². The van der Waals surface area contributed by atoms with Gasteiger partial charge in [0.2, 0.25) is 0 Å². The SMILES string of the molecule is N#Cc1cc(Cl)c([N+](=O)[O-])cn1. The molecule has 0 saturated carbocycles. The maximum Gasteiger partial charge on any atom is 0.306 e. The summed E-state index contributed by atoms with van der Waals surface area (Å²) in [7, 11) is 0. The molecule has 0 aliphatic carbocycles. The van der Waals surface area contributed by atoms with Gasteiger partial charge in [-0.05, 0) is 0 Å². The average Bonchev–Trinajstić information content (AvgIpc) is 2.03. The monoisotopic (exact) mass is 183 g/mol. The second-order valence-corrected chi connectivity index (χ2v) is 2.30. The maximum absolute atomic E-state index is 10.2. The molecule has 0 aliphatic rings. The van der Waals surface area contributed by atoms with Crippen molar-refractivity contribution in [3.8, 4) is 6.07 Å². The van der Waals surface area contributed by atoms with Crippen molar-refractivity contribution < 1.29 is 4.92 Å². The third-order valence-corrected chi connectivity index (χ3v) is 1.45. The van der Waals surface area contributed by atoms with Gasteiger partial charge in [-0.3, -0.25) is 10.1 Å². The van der Waals surface area contributed by atoms with Crippen LogP contribution in [-0.2, 0) is 0 Å². The van der Waals surface area contributed by atoms with Gasteiger partial charge in [-0.25, -0.2) is 4.98 Å². The van der Waals surface area contributed by atoms with Crippen LogP contribution >= 0.6 is 11.6 Å². The van der Waals surface area contributed by atoms with E-state index in [0.29, 0.717) is 0 Å². The van der Waals surface area contributed by atoms with Gasteiger partial charge in [0.1, 0.15) is 23.0 Å². The molecule has 0 N–H and O–H groups in total. The fourth-order valence-corrected chi connectivity index (χ4v) is 0.840. The standard InChI is InChI=1S/C6H2ClN3O2/c7-5-1-4(2-8)9-3-6(5)10(11)12/h1,3H. The molecule has 0 unspecified atom stereocenters. The third-order valence-electron chi connectivity index (χ3n) is 1.15. The second-order valence-electron chi connectivity index (χ2n) is 1.89. The van der Waals surface area contributed by atoms with Crippen LogP contribution in [0.25, 0.3) is 0 Å². The minimum absolute atomic E-state index is 0.0607. The first kappa shape index (κ1) is 8.43. The van der Waals surface area contributed by atoms with Gasteiger partial charge in [0.05, 0.1) is 4.92 Å². The number of aromatic nitrogens is 1. The van der Waals surface area contributed by atoms with E-state index in [4.69, 9.17) is 16.9 Å². The van der Waals surface area contributed by atoms with Gasteiger partial charge >= 0.3 is 5.69 Å². The Bertz CT molecular complexity index is 372. The predicted octanol–water partition coefficient (Wildman–Crippen LogP) is 1.51. The third kappa shape index (κ3) is 1.49. The average molecular weight is 184 g/mol. The summed E-state index contributed by atoms with van der Waals surface area (Å²) < 4.78 is 0. The van der Waals surface area contributed by atoms with E-state index in [1.54, 1.807) is 6.07 Å². The van der Waals surface area contributed by atoms with Crippen molar-refractivity contribution in [3.05, 3.63) is 33.1 Å². The van der Waals surface area contributed by atoms with E-state index in [2.05, 4.69) is 4.98 Å². The summed E-state index contributed by atoms with van der Waals surface area (Å²) in [4.78, 5) is 13.1. The number of pyridine rings is 1. The van der Waals surface area contributed by atoms with Gasteiger partial charge < -0.3 is 0 Å². The van der Waals surface area contributed by atoms with Gasteiger partial charge in [0, 0.05) is 6.07 Å². The minimum Gasteiger partial charge on any atom is -0.258 e. The van der Waals surface area contributed by atoms with Crippen LogP contribution in [0.15, 0.2) is 12.3 Å². The van der Waals surface area contributed by atoms with Crippen molar-refractivity contribution in [2.24, 2.45) is 0 Å². The van der Waals surface area contributed by atoms with E-state index < -0.39 is 4.92 Å². The predicted molar refractivity (Wildman–Crippen MR) is 40.6 cm³/mol. The molecule has 0 amide bonds. The summed E-state index contributed by atoms with van der Waals surface area (Å²) in [6.45, 7) is 0. The van der Waals surface area contributed by atoms with Gasteiger partial charge in [0.25, 0.3) is 0 Å². The highest BCUT2D eigenvalue weighted by Crippen LogP contribution is 2.22. The van der Waals surface area contributed by atoms with Crippen LogP contribution in [0.5, 0.6) is 0 Å². The van der Waals surface area contributed by atoms with Crippen molar-refractivity contribution in [3.63, 3.8) is 0 Å². The highest BCUT2D eigenvalue weighted by Gasteiger charge is 2.12. The summed E-state index contributed by atoms with van der Waals surface area (Å²) >= 11 is 5.47. The van der Waals surface area contributed by atoms with Crippen LogP contribution in [0.2, 0.25) is 5.02 Å². The summed E-state index contributed by atoms with van der Waals surface area (Å²) in [5.41, 5.74) is -0.235. The van der Waals surface area contributed by atoms with Crippen molar-refractivity contribution in [1.29, 1.82) is 5.26 Å². The molecule has 0 bridgehead atoms. The molecule has 0 radical (unpaired) electrons. The molecule has 5 nitrogen and oxygen atoms in total. The van der Waals surface area contributed by atoms with E-state index >= 15 is 0 Å². The maximum atomic E-state index is 10.2. The van der Waals surface area contributed by atoms with Gasteiger partial charge in [0.15, 0.2) is 0 Å². The Morgan fingerprint density at radius 3 is 2.83 bits per heavy atom. The van der Waals surface area contributed by atoms with Crippen molar-refractivity contribution in [2.45, 2.75) is 0 Å². The second kappa shape index (κ2) is 3.15. The molecule has 0 atom stereocenters. The van der Waals surface area contributed by atoms with Gasteiger partial charge in [-0.15, -0.1) is 0 Å². The van der Waals surface area contributed by atoms with Crippen molar-refractivity contribution in [1.82, 2.24) is 4.98 Å². The number of halogens is 1. The summed E-state index contributed by atoms with van der Waals surface area (Å²) in [6.07, 6.45) is 0.959. The van der Waals surface area contributed by atoms with Crippen LogP contribution in [0, 0.1) is 21.4 Å². The zero-order valence-electron chi connectivity index (χ0n) is 5.69. The summed E-state index contributed by atoms with van der Waals surface area (Å²) in [6, 6.07) is 2.87. The molecule has 0 spiro atoms. The quantitative estimate of drug-likeness (QED) is 0.488. The number of rotatable bonds is 1. The Balaban J connectivity index is 3.23. The van der Waals surface area contributed by atoms with E-state index in [-0.39, 0.29) is 16.4 Å². The minimum atomic E-state index is -0.656. The van der Waals surface area contributed by atoms with E-state index in [1.807, 2.05) is 0 Å². The largest absolute Gasteiger partial charge is 0.306 e. The molecular weight excluding hydrogens is 182 g/mol. The molecule has 0 aliphatic heterocycles. The van der Waals surface area contributed by atoms with E-state index in [9.17, 15) is 10.1 Å². The first-order chi connectivity index (χ1) is 5.65. The molecule has 1 heterocycles. The number of hydrogen-bond acceptors (Lipinski definition) is 4. The highest BCUT2D eigenvalue weighted by atomic mass is 35.5. The van der Waals surface area contributed by atoms with Crippen LogP contribution in [-0.4, -0.2) is 9.91 Å². The Hall–Kier alpha value is -1.67. The molecular formula is C6H2ClN3O2. The molecule has 0 fully saturated rings. The first-order valence-electron chi connectivity index (χ1n) is 2.85. The number of nitrogens with zero attached hydrogens (tertiary/aromatic N) is 3. The van der Waals surface area contributed by atoms with E-state index in [0.717, 1.165) is 12.3 Å². The molecule has 1 aromatic heterocycles. The Kier molecular flexibility index (Phi) is 2.21. The Morgan fingerprint density at radius 2 is 2.42 bits per heavy atom. The lowest BCUT2D eigenvalue weighted by atomic mass is 10.3. The molecule has 0 saturated heterocycles. The van der Waals surface area contributed by atoms with Crippen LogP contribution in [0.3, 0.4) is 0 Å². The zero-order chi connectivity index (χ0) is 9.14. The summed E-state index contributed by atoms with van der Waals surface area (Å²) in [5.74, 6) is 0. The fourth-order valence-electron chi connectivity index (χ4n) is 0.619. The number of hydrogen-bond donors (Lipinski definition) is 0. The van der Waals surface area contributed by atoms with Crippen molar-refractivity contribution >= 4 is 17.3 Å². The Morgan fingerprint density at radius 1 is 1.75 bits per heavy atom. The van der Waals surface area contributed by atoms with E-state index in [1.165, 1.54) is 0 Å². The van der Waals surface area contributed by atoms with Gasteiger partial charge in [-0.2, -0.15) is 5.26 Å². The van der Waals surface area contributed by atoms with Crippen LogP contribution in [0.4, 0.5) is 5.69 Å². The fraction of sp³-hybridized carbons (Fsp3) is 0. The lowest BCUT2D eigenvalue weighted by Crippen LogP contribution is -1.91. The normalized spacial score (nSPS) is 9.00. The molecule has 60 valence electrons. The topological polar surface area (TPSA) is 79.8 Å².